The van der Waals surface area contributed by atoms with Gasteiger partial charge in [0.05, 0.1) is 30.6 Å². The van der Waals surface area contributed by atoms with Crippen molar-refractivity contribution in [3.05, 3.63) is 78.4 Å². The molecule has 2 aromatic heterocycles. The summed E-state index contributed by atoms with van der Waals surface area (Å²) in [5, 5.41) is 7.14. The molecule has 3 aromatic rings. The highest BCUT2D eigenvalue weighted by molar-refractivity contribution is 7.80. The molecule has 188 valence electrons. The second kappa shape index (κ2) is 11.1. The fourth-order valence-electron chi connectivity index (χ4n) is 5.50. The van der Waals surface area contributed by atoms with E-state index in [-0.39, 0.29) is 18.0 Å². The number of amides is 1. The predicted octanol–water partition coefficient (Wildman–Crippen LogP) is 5.40. The number of anilines is 1. The summed E-state index contributed by atoms with van der Waals surface area (Å²) in [6, 6.07) is 18.1. The molecule has 8 heteroatoms. The number of para-hydroxylation sites is 2. The molecule has 3 heterocycles. The van der Waals surface area contributed by atoms with E-state index < -0.39 is 0 Å². The van der Waals surface area contributed by atoms with Gasteiger partial charge in [-0.15, -0.1) is 0 Å². The number of aromatic nitrogens is 2. The number of benzene rings is 1. The van der Waals surface area contributed by atoms with Crippen molar-refractivity contribution >= 4 is 28.9 Å². The van der Waals surface area contributed by atoms with Crippen LogP contribution in [0, 0.1) is 0 Å². The van der Waals surface area contributed by atoms with Gasteiger partial charge in [0.25, 0.3) is 0 Å². The van der Waals surface area contributed by atoms with Crippen molar-refractivity contribution in [1.82, 2.24) is 19.8 Å². The Morgan fingerprint density at radius 2 is 1.92 bits per heavy atom. The van der Waals surface area contributed by atoms with Crippen LogP contribution in [0.1, 0.15) is 68.0 Å². The average Bonchev–Trinajstić information content (AvgIpc) is 3.53. The minimum absolute atomic E-state index is 0.0524. The molecule has 2 N–H and O–H groups in total. The van der Waals surface area contributed by atoms with Crippen LogP contribution in [0.5, 0.6) is 5.75 Å². The maximum Gasteiger partial charge on any atom is 0.226 e. The molecule has 1 aliphatic carbocycles. The second-order valence-corrected chi connectivity index (χ2v) is 9.84. The molecule has 1 amide bonds. The lowest BCUT2D eigenvalue weighted by atomic mass is 9.94. The Labute approximate surface area is 217 Å². The molecule has 0 spiro atoms. The monoisotopic (exact) mass is 503 g/mol. The quantitative estimate of drug-likeness (QED) is 0.401. The number of pyridine rings is 1. The van der Waals surface area contributed by atoms with E-state index in [1.807, 2.05) is 48.7 Å². The number of hydrogen-bond donors (Lipinski definition) is 2. The Balaban J connectivity index is 1.39. The van der Waals surface area contributed by atoms with Crippen molar-refractivity contribution in [2.24, 2.45) is 0 Å². The van der Waals surface area contributed by atoms with E-state index in [0.29, 0.717) is 35.6 Å². The average molecular weight is 504 g/mol. The summed E-state index contributed by atoms with van der Waals surface area (Å²) in [5.74, 6) is 0.563. The molecule has 0 bridgehead atoms. The largest absolute Gasteiger partial charge is 0.495 e. The van der Waals surface area contributed by atoms with Gasteiger partial charge >= 0.3 is 0 Å². The maximum absolute atomic E-state index is 12.9. The van der Waals surface area contributed by atoms with Gasteiger partial charge in [-0.25, -0.2) is 0 Å². The maximum atomic E-state index is 12.9. The van der Waals surface area contributed by atoms with Gasteiger partial charge in [0, 0.05) is 37.1 Å². The standard InChI is InChI=1S/C28H33N5O2S/c1-35-24-15-6-5-12-21(24)30-25(34)16-19-33-27(26(31-28(33)36)22-13-7-8-17-29-22)23-14-9-18-32(23)20-10-3-2-4-11-20/h5-9,12-15,17-18,20,26-27H,2-4,10-11,16,19H2,1H3,(H,30,34)(H,31,36)/t26-,27-/m0/s1. The zero-order valence-corrected chi connectivity index (χ0v) is 21.4. The summed E-state index contributed by atoms with van der Waals surface area (Å²) in [6.07, 6.45) is 10.6. The zero-order valence-electron chi connectivity index (χ0n) is 20.6. The number of ether oxygens (including phenoxy) is 1. The second-order valence-electron chi connectivity index (χ2n) is 9.45. The van der Waals surface area contributed by atoms with Crippen LogP contribution in [0.25, 0.3) is 0 Å². The molecule has 5 rings (SSSR count). The highest BCUT2D eigenvalue weighted by Gasteiger charge is 2.41. The van der Waals surface area contributed by atoms with Crippen LogP contribution in [0.3, 0.4) is 0 Å². The SMILES string of the molecule is COc1ccccc1NC(=O)CCN1C(=S)N[C@@H](c2ccccn2)[C@@H]1c1cccn1C1CCCCC1. The van der Waals surface area contributed by atoms with Gasteiger partial charge < -0.3 is 24.8 Å². The number of thiocarbonyl (C=S) groups is 1. The lowest BCUT2D eigenvalue weighted by molar-refractivity contribution is -0.116. The summed E-state index contributed by atoms with van der Waals surface area (Å²) >= 11 is 5.82. The number of hydrogen-bond acceptors (Lipinski definition) is 4. The van der Waals surface area contributed by atoms with Crippen LogP contribution in [-0.4, -0.2) is 39.1 Å². The molecule has 2 aliphatic rings. The fourth-order valence-corrected chi connectivity index (χ4v) is 5.83. The Morgan fingerprint density at radius 1 is 1.11 bits per heavy atom. The van der Waals surface area contributed by atoms with E-state index >= 15 is 0 Å². The first-order valence-electron chi connectivity index (χ1n) is 12.7. The first-order chi connectivity index (χ1) is 17.7. The third kappa shape index (κ3) is 5.09. The number of nitrogens with zero attached hydrogens (tertiary/aromatic N) is 3. The van der Waals surface area contributed by atoms with Crippen molar-refractivity contribution in [2.75, 3.05) is 19.0 Å². The Hall–Kier alpha value is -3.39. The Bertz CT molecular complexity index is 1190. The highest BCUT2D eigenvalue weighted by atomic mass is 32.1. The van der Waals surface area contributed by atoms with Gasteiger partial charge in [-0.3, -0.25) is 9.78 Å². The van der Waals surface area contributed by atoms with Crippen LogP contribution < -0.4 is 15.4 Å². The number of carbonyl (C=O) groups excluding carboxylic acids is 1. The normalized spacial score (nSPS) is 20.2. The summed E-state index contributed by atoms with van der Waals surface area (Å²) in [7, 11) is 1.60. The molecule has 0 unspecified atom stereocenters. The smallest absolute Gasteiger partial charge is 0.226 e. The van der Waals surface area contributed by atoms with Crippen molar-refractivity contribution in [2.45, 2.75) is 56.7 Å². The summed E-state index contributed by atoms with van der Waals surface area (Å²) in [5.41, 5.74) is 2.83. The molecule has 2 fully saturated rings. The third-order valence-corrected chi connectivity index (χ3v) is 7.59. The topological polar surface area (TPSA) is 71.4 Å². The predicted molar refractivity (Wildman–Crippen MR) is 145 cm³/mol. The van der Waals surface area contributed by atoms with E-state index in [1.54, 1.807) is 7.11 Å². The molecule has 1 aromatic carbocycles. The Morgan fingerprint density at radius 3 is 2.69 bits per heavy atom. The van der Waals surface area contributed by atoms with E-state index in [9.17, 15) is 4.79 Å². The number of carbonyl (C=O) groups is 1. The molecular weight excluding hydrogens is 470 g/mol. The van der Waals surface area contributed by atoms with Gasteiger partial charge in [0.2, 0.25) is 5.91 Å². The van der Waals surface area contributed by atoms with E-state index in [4.69, 9.17) is 17.0 Å². The molecule has 0 radical (unpaired) electrons. The zero-order chi connectivity index (χ0) is 24.9. The summed E-state index contributed by atoms with van der Waals surface area (Å²) in [4.78, 5) is 19.7. The summed E-state index contributed by atoms with van der Waals surface area (Å²) < 4.78 is 7.82. The van der Waals surface area contributed by atoms with Crippen molar-refractivity contribution in [1.29, 1.82) is 0 Å². The molecule has 1 aliphatic heterocycles. The van der Waals surface area contributed by atoms with E-state index in [2.05, 4.69) is 43.4 Å². The molecule has 7 nitrogen and oxygen atoms in total. The van der Waals surface area contributed by atoms with E-state index in [0.717, 1.165) is 5.69 Å². The van der Waals surface area contributed by atoms with Gasteiger partial charge in [-0.2, -0.15) is 0 Å². The third-order valence-electron chi connectivity index (χ3n) is 7.24. The first-order valence-corrected chi connectivity index (χ1v) is 13.1. The molecule has 2 atom stereocenters. The van der Waals surface area contributed by atoms with Gasteiger partial charge in [0.15, 0.2) is 5.11 Å². The van der Waals surface area contributed by atoms with Crippen molar-refractivity contribution in [3.63, 3.8) is 0 Å². The van der Waals surface area contributed by atoms with E-state index in [1.165, 1.54) is 37.8 Å². The number of nitrogens with one attached hydrogen (secondary N) is 2. The molecule has 1 saturated heterocycles. The molecule has 36 heavy (non-hydrogen) atoms. The lowest BCUT2D eigenvalue weighted by Gasteiger charge is -2.32. The van der Waals surface area contributed by atoms with Gasteiger partial charge in [0.1, 0.15) is 5.75 Å². The van der Waals surface area contributed by atoms with Crippen molar-refractivity contribution in [3.8, 4) is 5.75 Å². The lowest BCUT2D eigenvalue weighted by Crippen LogP contribution is -2.34. The van der Waals surface area contributed by atoms with Gasteiger partial charge in [-0.05, 0) is 61.5 Å². The number of methoxy groups -OCH3 is 1. The van der Waals surface area contributed by atoms with Crippen LogP contribution in [0.4, 0.5) is 5.69 Å². The Kier molecular flexibility index (Phi) is 7.51. The minimum atomic E-state index is -0.0896. The number of rotatable bonds is 8. The highest BCUT2D eigenvalue weighted by Crippen LogP contribution is 2.41. The molecular formula is C28H33N5O2S. The van der Waals surface area contributed by atoms with Gasteiger partial charge in [-0.1, -0.05) is 37.5 Å². The molecule has 1 saturated carbocycles. The van der Waals surface area contributed by atoms with Crippen LogP contribution >= 0.6 is 12.2 Å². The van der Waals surface area contributed by atoms with Crippen LogP contribution in [0.2, 0.25) is 0 Å². The van der Waals surface area contributed by atoms with Crippen molar-refractivity contribution < 1.29 is 9.53 Å². The minimum Gasteiger partial charge on any atom is -0.495 e. The fraction of sp³-hybridized carbons (Fsp3) is 0.393. The summed E-state index contributed by atoms with van der Waals surface area (Å²) in [6.45, 7) is 0.497. The van der Waals surface area contributed by atoms with Crippen LogP contribution in [0.15, 0.2) is 67.0 Å². The first kappa shape index (κ1) is 24.3. The van der Waals surface area contributed by atoms with Crippen LogP contribution in [-0.2, 0) is 4.79 Å².